The highest BCUT2D eigenvalue weighted by Crippen LogP contribution is 2.31. The fraction of sp³-hybridized carbons (Fsp3) is 0.444. The summed E-state index contributed by atoms with van der Waals surface area (Å²) in [5.41, 5.74) is 2.61. The molecule has 24 heavy (non-hydrogen) atoms. The second-order valence-corrected chi connectivity index (χ2v) is 7.46. The zero-order valence-electron chi connectivity index (χ0n) is 14.2. The van der Waals surface area contributed by atoms with Crippen LogP contribution in [-0.2, 0) is 0 Å². The largest absolute Gasteiger partial charge is 0.337 e. The Labute approximate surface area is 146 Å². The number of rotatable bonds is 2. The second-order valence-electron chi connectivity index (χ2n) is 6.23. The summed E-state index contributed by atoms with van der Waals surface area (Å²) in [6.07, 6.45) is 2.04. The maximum absolute atomic E-state index is 12.8. The highest BCUT2D eigenvalue weighted by atomic mass is 32.1. The number of aromatic nitrogens is 2. The van der Waals surface area contributed by atoms with Gasteiger partial charge in [-0.25, -0.2) is 9.97 Å². The van der Waals surface area contributed by atoms with Crippen molar-refractivity contribution in [2.75, 3.05) is 13.1 Å². The molecule has 6 heteroatoms. The number of amides is 1. The highest BCUT2D eigenvalue weighted by Gasteiger charge is 2.28. The Bertz CT molecular complexity index is 801. The summed E-state index contributed by atoms with van der Waals surface area (Å²) >= 11 is 1.74. The molecule has 0 spiro atoms. The Balaban J connectivity index is 1.78. The van der Waals surface area contributed by atoms with Crippen LogP contribution in [-0.4, -0.2) is 33.9 Å². The standard InChI is InChI=1S/C18H20N4OS/c1-11-13(3)24-17(21-11)15-5-4-8-22(10-15)18(23)16-7-6-14(9-19)12(2)20-16/h6-7,15H,4-5,8,10H2,1-3H3/t15-/m0/s1. The molecule has 0 radical (unpaired) electrons. The Morgan fingerprint density at radius 1 is 1.29 bits per heavy atom. The minimum Gasteiger partial charge on any atom is -0.337 e. The lowest BCUT2D eigenvalue weighted by molar-refractivity contribution is 0.0701. The minimum absolute atomic E-state index is 0.0581. The van der Waals surface area contributed by atoms with Crippen LogP contribution < -0.4 is 0 Å². The lowest BCUT2D eigenvalue weighted by atomic mass is 9.98. The monoisotopic (exact) mass is 340 g/mol. The van der Waals surface area contributed by atoms with Crippen LogP contribution in [0.1, 0.15) is 56.1 Å². The van der Waals surface area contributed by atoms with Gasteiger partial charge in [0, 0.05) is 23.9 Å². The van der Waals surface area contributed by atoms with Crippen LogP contribution >= 0.6 is 11.3 Å². The molecule has 0 N–H and O–H groups in total. The summed E-state index contributed by atoms with van der Waals surface area (Å²) in [6.45, 7) is 7.32. The molecule has 0 bridgehead atoms. The first-order valence-corrected chi connectivity index (χ1v) is 8.92. The molecular weight excluding hydrogens is 320 g/mol. The van der Waals surface area contributed by atoms with Gasteiger partial charge in [0.05, 0.1) is 22.0 Å². The van der Waals surface area contributed by atoms with E-state index in [0.717, 1.165) is 30.1 Å². The Morgan fingerprint density at radius 3 is 2.71 bits per heavy atom. The minimum atomic E-state index is -0.0581. The molecule has 0 unspecified atom stereocenters. The maximum Gasteiger partial charge on any atom is 0.272 e. The van der Waals surface area contributed by atoms with Gasteiger partial charge in [-0.2, -0.15) is 5.26 Å². The summed E-state index contributed by atoms with van der Waals surface area (Å²) < 4.78 is 0. The van der Waals surface area contributed by atoms with Gasteiger partial charge in [-0.15, -0.1) is 11.3 Å². The van der Waals surface area contributed by atoms with E-state index in [2.05, 4.69) is 23.0 Å². The number of likely N-dealkylation sites (tertiary alicyclic amines) is 1. The number of piperidine rings is 1. The molecule has 3 heterocycles. The Morgan fingerprint density at radius 2 is 2.08 bits per heavy atom. The normalized spacial score (nSPS) is 17.6. The lowest BCUT2D eigenvalue weighted by Crippen LogP contribution is -2.39. The summed E-state index contributed by atoms with van der Waals surface area (Å²) in [4.78, 5) is 24.9. The lowest BCUT2D eigenvalue weighted by Gasteiger charge is -2.31. The molecule has 0 aromatic carbocycles. The van der Waals surface area contributed by atoms with Crippen molar-refractivity contribution in [2.45, 2.75) is 39.5 Å². The van der Waals surface area contributed by atoms with Gasteiger partial charge in [0.15, 0.2) is 0 Å². The number of carbonyl (C=O) groups is 1. The molecule has 1 amide bonds. The van der Waals surface area contributed by atoms with Gasteiger partial charge in [0.1, 0.15) is 11.8 Å². The van der Waals surface area contributed by atoms with Gasteiger partial charge in [0.25, 0.3) is 5.91 Å². The van der Waals surface area contributed by atoms with Crippen molar-refractivity contribution < 1.29 is 4.79 Å². The molecule has 3 rings (SSSR count). The molecule has 1 aliphatic heterocycles. The van der Waals surface area contributed by atoms with Crippen molar-refractivity contribution in [2.24, 2.45) is 0 Å². The smallest absolute Gasteiger partial charge is 0.272 e. The highest BCUT2D eigenvalue weighted by molar-refractivity contribution is 7.11. The topological polar surface area (TPSA) is 69.9 Å². The number of carbonyl (C=O) groups excluding carboxylic acids is 1. The van der Waals surface area contributed by atoms with Crippen LogP contribution in [0.5, 0.6) is 0 Å². The van der Waals surface area contributed by atoms with Crippen LogP contribution in [0.25, 0.3) is 0 Å². The first-order chi connectivity index (χ1) is 11.5. The molecule has 1 fully saturated rings. The molecule has 0 saturated carbocycles. The van der Waals surface area contributed by atoms with Crippen LogP contribution in [0.2, 0.25) is 0 Å². The molecule has 1 atom stereocenters. The van der Waals surface area contributed by atoms with E-state index < -0.39 is 0 Å². The maximum atomic E-state index is 12.8. The van der Waals surface area contributed by atoms with Gasteiger partial charge in [0.2, 0.25) is 0 Å². The summed E-state index contributed by atoms with van der Waals surface area (Å²) in [5.74, 6) is 0.247. The molecule has 0 aliphatic carbocycles. The molecule has 2 aromatic rings. The van der Waals surface area contributed by atoms with Crippen molar-refractivity contribution in [1.29, 1.82) is 5.26 Å². The molecule has 1 aliphatic rings. The molecule has 2 aromatic heterocycles. The van der Waals surface area contributed by atoms with Crippen molar-refractivity contribution >= 4 is 17.2 Å². The predicted octanol–water partition coefficient (Wildman–Crippen LogP) is 3.35. The van der Waals surface area contributed by atoms with Crippen molar-refractivity contribution in [3.05, 3.63) is 44.7 Å². The first kappa shape index (κ1) is 16.6. The van der Waals surface area contributed by atoms with Crippen molar-refractivity contribution in [1.82, 2.24) is 14.9 Å². The predicted molar refractivity (Wildman–Crippen MR) is 93.2 cm³/mol. The summed E-state index contributed by atoms with van der Waals surface area (Å²) in [5, 5.41) is 10.1. The Hall–Kier alpha value is -2.26. The fourth-order valence-electron chi connectivity index (χ4n) is 3.00. The number of hydrogen-bond donors (Lipinski definition) is 0. The van der Waals surface area contributed by atoms with E-state index >= 15 is 0 Å². The van der Waals surface area contributed by atoms with Gasteiger partial charge in [-0.1, -0.05) is 0 Å². The fourth-order valence-corrected chi connectivity index (χ4v) is 4.04. The number of nitrogens with zero attached hydrogens (tertiary/aromatic N) is 4. The number of aryl methyl sites for hydroxylation is 3. The number of pyridine rings is 1. The SMILES string of the molecule is Cc1nc(C(=O)N2CCC[C@H](c3nc(C)c(C)s3)C2)ccc1C#N. The third-order valence-corrected chi connectivity index (χ3v) is 5.76. The number of thiazole rings is 1. The first-order valence-electron chi connectivity index (χ1n) is 8.10. The average molecular weight is 340 g/mol. The van der Waals surface area contributed by atoms with Crippen LogP contribution in [0.15, 0.2) is 12.1 Å². The number of hydrogen-bond acceptors (Lipinski definition) is 5. The van der Waals surface area contributed by atoms with E-state index in [1.54, 1.807) is 30.4 Å². The van der Waals surface area contributed by atoms with Crippen molar-refractivity contribution in [3.8, 4) is 6.07 Å². The summed E-state index contributed by atoms with van der Waals surface area (Å²) in [7, 11) is 0. The third-order valence-electron chi connectivity index (χ3n) is 4.53. The molecule has 5 nitrogen and oxygen atoms in total. The van der Waals surface area contributed by atoms with E-state index in [0.29, 0.717) is 29.4 Å². The molecular formula is C18H20N4OS. The Kier molecular flexibility index (Phi) is 4.63. The zero-order valence-corrected chi connectivity index (χ0v) is 15.0. The van der Waals surface area contributed by atoms with E-state index in [1.807, 2.05) is 11.8 Å². The average Bonchev–Trinajstić information content (AvgIpc) is 2.93. The van der Waals surface area contributed by atoms with Crippen LogP contribution in [0, 0.1) is 32.1 Å². The van der Waals surface area contributed by atoms with Gasteiger partial charge >= 0.3 is 0 Å². The van der Waals surface area contributed by atoms with E-state index in [4.69, 9.17) is 5.26 Å². The number of nitriles is 1. The quantitative estimate of drug-likeness (QED) is 0.840. The van der Waals surface area contributed by atoms with Gasteiger partial charge < -0.3 is 4.90 Å². The van der Waals surface area contributed by atoms with Crippen LogP contribution in [0.4, 0.5) is 0 Å². The third kappa shape index (κ3) is 3.17. The van der Waals surface area contributed by atoms with Crippen molar-refractivity contribution in [3.63, 3.8) is 0 Å². The van der Waals surface area contributed by atoms with Crippen LogP contribution in [0.3, 0.4) is 0 Å². The summed E-state index contributed by atoms with van der Waals surface area (Å²) in [6, 6.07) is 5.40. The van der Waals surface area contributed by atoms with Gasteiger partial charge in [-0.05, 0) is 45.7 Å². The zero-order chi connectivity index (χ0) is 17.3. The second kappa shape index (κ2) is 6.70. The molecule has 124 valence electrons. The van der Waals surface area contributed by atoms with E-state index in [-0.39, 0.29) is 5.91 Å². The van der Waals surface area contributed by atoms with E-state index in [9.17, 15) is 4.79 Å². The van der Waals surface area contributed by atoms with E-state index in [1.165, 1.54) is 4.88 Å². The van der Waals surface area contributed by atoms with Gasteiger partial charge in [-0.3, -0.25) is 4.79 Å². The molecule has 1 saturated heterocycles.